The maximum absolute atomic E-state index is 12.8. The van der Waals surface area contributed by atoms with Gasteiger partial charge in [0.2, 0.25) is 0 Å². The predicted octanol–water partition coefficient (Wildman–Crippen LogP) is 2.14. The molecule has 9 heteroatoms. The lowest BCUT2D eigenvalue weighted by atomic mass is 10.1. The summed E-state index contributed by atoms with van der Waals surface area (Å²) in [6.45, 7) is 2.74. The Labute approximate surface area is 152 Å². The number of aryl methyl sites for hydroxylation is 1. The van der Waals surface area contributed by atoms with Crippen LogP contribution in [-0.2, 0) is 10.0 Å². The monoisotopic (exact) mass is 382 g/mol. The van der Waals surface area contributed by atoms with E-state index in [0.717, 1.165) is 17.7 Å². The summed E-state index contributed by atoms with van der Waals surface area (Å²) in [5.74, 6) is 1.07. The average molecular weight is 383 g/mol. The molecular weight excluding hydrogens is 360 g/mol. The summed E-state index contributed by atoms with van der Waals surface area (Å²) in [6.07, 6.45) is 4.50. The molecule has 3 rings (SSSR count). The van der Waals surface area contributed by atoms with Gasteiger partial charge in [-0.15, -0.1) is 11.3 Å². The molecule has 2 aromatic heterocycles. The van der Waals surface area contributed by atoms with Gasteiger partial charge in [0.15, 0.2) is 5.82 Å². The van der Waals surface area contributed by atoms with Crippen molar-refractivity contribution < 1.29 is 13.2 Å². The van der Waals surface area contributed by atoms with E-state index in [4.69, 9.17) is 4.74 Å². The molecule has 2 aromatic rings. The minimum absolute atomic E-state index is 0.236. The van der Waals surface area contributed by atoms with Crippen molar-refractivity contribution in [2.45, 2.75) is 30.1 Å². The maximum atomic E-state index is 12.8. The van der Waals surface area contributed by atoms with Gasteiger partial charge in [0, 0.05) is 37.9 Å². The summed E-state index contributed by atoms with van der Waals surface area (Å²) in [7, 11) is 0.270. The van der Waals surface area contributed by atoms with E-state index in [2.05, 4.69) is 9.97 Å². The van der Waals surface area contributed by atoms with Gasteiger partial charge in [-0.05, 0) is 31.9 Å². The standard InChI is InChI=1S/C16H22N4O3S2/c1-12-6-7-14(24-12)25(21,22)20-10-4-5-13(11-20)23-16-15(19(2)3)17-8-9-18-16/h6-9,13H,4-5,10-11H2,1-3H3. The molecule has 0 bridgehead atoms. The highest BCUT2D eigenvalue weighted by molar-refractivity contribution is 7.91. The number of thiophene rings is 1. The fourth-order valence-corrected chi connectivity index (χ4v) is 5.71. The van der Waals surface area contributed by atoms with Crippen LogP contribution in [0.5, 0.6) is 5.88 Å². The number of piperidine rings is 1. The Kier molecular flexibility index (Phi) is 5.26. The third kappa shape index (κ3) is 3.94. The summed E-state index contributed by atoms with van der Waals surface area (Å²) in [5, 5.41) is 0. The highest BCUT2D eigenvalue weighted by atomic mass is 32.2. The Morgan fingerprint density at radius 3 is 2.72 bits per heavy atom. The molecule has 0 saturated carbocycles. The fourth-order valence-electron chi connectivity index (χ4n) is 2.76. The summed E-state index contributed by atoms with van der Waals surface area (Å²) in [6, 6.07) is 3.50. The van der Waals surface area contributed by atoms with Crippen LogP contribution < -0.4 is 9.64 Å². The minimum atomic E-state index is -3.47. The topological polar surface area (TPSA) is 75.6 Å². The molecule has 1 atom stereocenters. The zero-order valence-corrected chi connectivity index (χ0v) is 16.2. The van der Waals surface area contributed by atoms with Crippen molar-refractivity contribution in [3.8, 4) is 5.88 Å². The number of anilines is 1. The summed E-state index contributed by atoms with van der Waals surface area (Å²) < 4.78 is 33.5. The van der Waals surface area contributed by atoms with Gasteiger partial charge in [-0.1, -0.05) is 0 Å². The van der Waals surface area contributed by atoms with E-state index < -0.39 is 10.0 Å². The van der Waals surface area contributed by atoms with Crippen LogP contribution in [0.15, 0.2) is 28.7 Å². The van der Waals surface area contributed by atoms with Crippen LogP contribution in [0.4, 0.5) is 5.82 Å². The average Bonchev–Trinajstić information content (AvgIpc) is 3.03. The molecule has 136 valence electrons. The van der Waals surface area contributed by atoms with Crippen LogP contribution >= 0.6 is 11.3 Å². The Balaban J connectivity index is 1.76. The van der Waals surface area contributed by atoms with Gasteiger partial charge in [0.1, 0.15) is 10.3 Å². The van der Waals surface area contributed by atoms with E-state index >= 15 is 0 Å². The van der Waals surface area contributed by atoms with Crippen molar-refractivity contribution in [3.63, 3.8) is 0 Å². The van der Waals surface area contributed by atoms with Crippen molar-refractivity contribution in [2.75, 3.05) is 32.1 Å². The number of sulfonamides is 1. The first kappa shape index (κ1) is 18.1. The van der Waals surface area contributed by atoms with E-state index in [1.807, 2.05) is 32.0 Å². The zero-order chi connectivity index (χ0) is 18.0. The van der Waals surface area contributed by atoms with Crippen molar-refractivity contribution in [2.24, 2.45) is 0 Å². The largest absolute Gasteiger partial charge is 0.470 e. The fraction of sp³-hybridized carbons (Fsp3) is 0.500. The molecule has 0 amide bonds. The summed E-state index contributed by atoms with van der Waals surface area (Å²) >= 11 is 1.30. The normalized spacial score (nSPS) is 18.9. The Bertz CT molecular complexity index is 835. The van der Waals surface area contributed by atoms with E-state index in [9.17, 15) is 8.42 Å². The minimum Gasteiger partial charge on any atom is -0.470 e. The molecule has 7 nitrogen and oxygen atoms in total. The van der Waals surface area contributed by atoms with E-state index in [1.165, 1.54) is 15.6 Å². The lowest BCUT2D eigenvalue weighted by molar-refractivity contribution is 0.125. The van der Waals surface area contributed by atoms with Gasteiger partial charge < -0.3 is 9.64 Å². The summed E-state index contributed by atoms with van der Waals surface area (Å²) in [5.41, 5.74) is 0. The number of hydrogen-bond acceptors (Lipinski definition) is 7. The Morgan fingerprint density at radius 2 is 2.04 bits per heavy atom. The molecule has 1 unspecified atom stereocenters. The molecule has 0 aliphatic carbocycles. The van der Waals surface area contributed by atoms with Crippen LogP contribution in [0.2, 0.25) is 0 Å². The van der Waals surface area contributed by atoms with Gasteiger partial charge in [-0.25, -0.2) is 18.4 Å². The van der Waals surface area contributed by atoms with E-state index in [0.29, 0.717) is 29.0 Å². The number of ether oxygens (including phenoxy) is 1. The first-order valence-corrected chi connectivity index (χ1v) is 10.3. The molecule has 25 heavy (non-hydrogen) atoms. The lowest BCUT2D eigenvalue weighted by Crippen LogP contribution is -2.44. The molecule has 1 fully saturated rings. The molecule has 3 heterocycles. The molecule has 0 spiro atoms. The maximum Gasteiger partial charge on any atom is 0.257 e. The molecule has 1 saturated heterocycles. The smallest absolute Gasteiger partial charge is 0.257 e. The van der Waals surface area contributed by atoms with Crippen LogP contribution in [0.1, 0.15) is 17.7 Å². The van der Waals surface area contributed by atoms with Crippen LogP contribution in [-0.4, -0.2) is 56.0 Å². The quantitative estimate of drug-likeness (QED) is 0.789. The second-order valence-corrected chi connectivity index (χ2v) is 9.64. The number of nitrogens with zero attached hydrogens (tertiary/aromatic N) is 4. The highest BCUT2D eigenvalue weighted by Gasteiger charge is 2.32. The highest BCUT2D eigenvalue weighted by Crippen LogP contribution is 2.29. The van der Waals surface area contributed by atoms with Gasteiger partial charge in [-0.2, -0.15) is 4.31 Å². The predicted molar refractivity (Wildman–Crippen MR) is 97.8 cm³/mol. The second kappa shape index (κ2) is 7.27. The Hall–Kier alpha value is -1.71. The van der Waals surface area contributed by atoms with Crippen LogP contribution in [0.3, 0.4) is 0 Å². The second-order valence-electron chi connectivity index (χ2n) is 6.19. The molecule has 0 radical (unpaired) electrons. The summed E-state index contributed by atoms with van der Waals surface area (Å²) in [4.78, 5) is 11.3. The van der Waals surface area contributed by atoms with Crippen molar-refractivity contribution in [3.05, 3.63) is 29.4 Å². The molecule has 0 N–H and O–H groups in total. The third-order valence-electron chi connectivity index (χ3n) is 4.00. The van der Waals surface area contributed by atoms with E-state index in [-0.39, 0.29) is 6.10 Å². The van der Waals surface area contributed by atoms with Gasteiger partial charge in [-0.3, -0.25) is 0 Å². The van der Waals surface area contributed by atoms with E-state index in [1.54, 1.807) is 18.5 Å². The Morgan fingerprint density at radius 1 is 1.28 bits per heavy atom. The first-order chi connectivity index (χ1) is 11.9. The van der Waals surface area contributed by atoms with Crippen molar-refractivity contribution in [1.29, 1.82) is 0 Å². The van der Waals surface area contributed by atoms with Crippen molar-refractivity contribution >= 4 is 27.2 Å². The van der Waals surface area contributed by atoms with Gasteiger partial charge in [0.05, 0.1) is 6.54 Å². The number of rotatable bonds is 5. The number of aromatic nitrogens is 2. The SMILES string of the molecule is Cc1ccc(S(=O)(=O)N2CCCC(Oc3nccnc3N(C)C)C2)s1. The van der Waals surface area contributed by atoms with Gasteiger partial charge >= 0.3 is 0 Å². The molecule has 0 aromatic carbocycles. The molecule has 1 aliphatic heterocycles. The van der Waals surface area contributed by atoms with Crippen LogP contribution in [0, 0.1) is 6.92 Å². The number of hydrogen-bond donors (Lipinski definition) is 0. The zero-order valence-electron chi connectivity index (χ0n) is 14.5. The molecular formula is C16H22N4O3S2. The molecule has 1 aliphatic rings. The lowest BCUT2D eigenvalue weighted by Gasteiger charge is -2.31. The van der Waals surface area contributed by atoms with Crippen LogP contribution in [0.25, 0.3) is 0 Å². The van der Waals surface area contributed by atoms with Gasteiger partial charge in [0.25, 0.3) is 15.9 Å². The third-order valence-corrected chi connectivity index (χ3v) is 7.33. The van der Waals surface area contributed by atoms with Crippen molar-refractivity contribution in [1.82, 2.24) is 14.3 Å². The first-order valence-electron chi connectivity index (χ1n) is 8.09.